The van der Waals surface area contributed by atoms with Gasteiger partial charge >= 0.3 is 0 Å². The molecule has 0 fully saturated rings. The van der Waals surface area contributed by atoms with Gasteiger partial charge in [0.2, 0.25) is 4.29 Å². The van der Waals surface area contributed by atoms with Gasteiger partial charge in [-0.2, -0.15) is 0 Å². The van der Waals surface area contributed by atoms with Crippen molar-refractivity contribution in [1.29, 1.82) is 4.29 Å². The standard InChI is InChI=1S/C3H8O3/c4-1-3(6)2-5/h3-6H,1-2H2/i1D2,2D2,3+1D,4D,5D,6D. The molecule has 3 N–H and O–H groups in total. The molecule has 0 heterocycles. The number of aliphatic hydroxyl groups is 3. The normalized spacial score (nSPS) is 35.3. The van der Waals surface area contributed by atoms with Gasteiger partial charge in [0.25, 0.3) is 0 Å². The Bertz CT molecular complexity index is 178. The maximum atomic E-state index is 7.12. The van der Waals surface area contributed by atoms with Gasteiger partial charge in [-0.05, 0) is 0 Å². The lowest BCUT2D eigenvalue weighted by Crippen LogP contribution is -2.15. The van der Waals surface area contributed by atoms with Crippen LogP contribution in [0.15, 0.2) is 0 Å². The molecular formula is C3H8O3. The summed E-state index contributed by atoms with van der Waals surface area (Å²) in [5.41, 5.74) is 0. The van der Waals surface area contributed by atoms with Crippen LogP contribution < -0.4 is 0 Å². The quantitative estimate of drug-likeness (QED) is 0.363. The van der Waals surface area contributed by atoms with Crippen molar-refractivity contribution in [1.82, 2.24) is 0 Å². The Hall–Kier alpha value is -0.120. The van der Waals surface area contributed by atoms with Crippen LogP contribution in [0, 0.1) is 0 Å². The van der Waals surface area contributed by atoms with E-state index in [1.54, 1.807) is 0 Å². The first-order chi connectivity index (χ1) is 6.18. The van der Waals surface area contributed by atoms with Crippen molar-refractivity contribution in [3.63, 3.8) is 0 Å². The lowest BCUT2D eigenvalue weighted by molar-refractivity contribution is 0.0450. The molecule has 0 radical (unpaired) electrons. The van der Waals surface area contributed by atoms with E-state index in [0.717, 1.165) is 0 Å². The van der Waals surface area contributed by atoms with Gasteiger partial charge in [0.05, 0.1) is 20.0 Å². The summed E-state index contributed by atoms with van der Waals surface area (Å²) >= 11 is 0. The Morgan fingerprint density at radius 3 is 2.83 bits per heavy atom. The molecule has 0 aromatic carbocycles. The summed E-state index contributed by atoms with van der Waals surface area (Å²) < 4.78 is 53.7. The zero-order chi connectivity index (χ0) is 11.6. The third kappa shape index (κ3) is 2.14. The minimum atomic E-state index is -3.30. The molecule has 0 bridgehead atoms. The summed E-state index contributed by atoms with van der Waals surface area (Å²) in [6, 6.07) is 0. The molecule has 3 nitrogen and oxygen atoms in total. The van der Waals surface area contributed by atoms with Gasteiger partial charge in [-0.3, -0.25) is 0 Å². The lowest BCUT2D eigenvalue weighted by atomic mass is 10.8. The third-order valence-electron chi connectivity index (χ3n) is 0.185. The van der Waals surface area contributed by atoms with Gasteiger partial charge in [0, 0.05) is 0 Å². The van der Waals surface area contributed by atoms with Crippen molar-refractivity contribution in [3.05, 3.63) is 0 Å². The summed E-state index contributed by atoms with van der Waals surface area (Å²) in [6.07, 6.45) is -3.30. The number of rotatable bonds is 5. The fraction of sp³-hybridized carbons (Fsp3) is 1.00. The second kappa shape index (κ2) is 3.08. The molecule has 0 rings (SSSR count). The molecule has 38 valence electrons. The van der Waals surface area contributed by atoms with E-state index in [2.05, 4.69) is 15.3 Å². The second-order valence-electron chi connectivity index (χ2n) is 0.533. The summed E-state index contributed by atoms with van der Waals surface area (Å²) in [4.78, 5) is 0. The Morgan fingerprint density at radius 2 is 2.50 bits per heavy atom. The van der Waals surface area contributed by atoms with E-state index in [9.17, 15) is 0 Å². The van der Waals surface area contributed by atoms with E-state index >= 15 is 0 Å². The van der Waals surface area contributed by atoms with E-state index < -0.39 is 19.2 Å². The van der Waals surface area contributed by atoms with Crippen molar-refractivity contribution < 1.29 is 22.2 Å². The van der Waals surface area contributed by atoms with Crippen LogP contribution in [0.25, 0.3) is 0 Å². The average molecular weight is 101 g/mol. The molecule has 0 aromatic rings. The predicted molar refractivity (Wildman–Crippen MR) is 20.2 cm³/mol. The Morgan fingerprint density at radius 1 is 1.83 bits per heavy atom. The van der Waals surface area contributed by atoms with E-state index in [4.69, 9.17) is 11.1 Å². The maximum Gasteiger partial charge on any atom is 0.211 e. The molecule has 0 unspecified atom stereocenters. The molecule has 0 saturated heterocycles. The highest BCUT2D eigenvalue weighted by atomic mass is 16.4. The molecule has 0 aliphatic carbocycles. The minimum absolute atomic E-state index is 3.26. The van der Waals surface area contributed by atoms with E-state index in [1.165, 1.54) is 0 Å². The van der Waals surface area contributed by atoms with Crippen LogP contribution in [-0.4, -0.2) is 38.8 Å². The van der Waals surface area contributed by atoms with E-state index in [1.807, 2.05) is 0 Å². The van der Waals surface area contributed by atoms with Crippen molar-refractivity contribution in [3.8, 4) is 0 Å². The van der Waals surface area contributed by atoms with Crippen molar-refractivity contribution >= 4 is 0 Å². The van der Waals surface area contributed by atoms with Gasteiger partial charge in [-0.15, -0.1) is 0 Å². The Balaban J connectivity index is 5.18. The Kier molecular flexibility index (Phi) is 0.434. The summed E-state index contributed by atoms with van der Waals surface area (Å²) in [5, 5.41) is 10.4. The highest BCUT2D eigenvalue weighted by molar-refractivity contribution is 4.43. The smallest absolute Gasteiger partial charge is 0.211 e. The SMILES string of the molecule is [2H]OC([2H])([2H])[13C]([2H])(O[2H])C([2H])([2H])O[2H]. The summed E-state index contributed by atoms with van der Waals surface area (Å²) in [5.74, 6) is 0. The van der Waals surface area contributed by atoms with Crippen LogP contribution in [0.2, 0.25) is 0 Å². The van der Waals surface area contributed by atoms with Crippen molar-refractivity contribution in [2.75, 3.05) is 13.1 Å². The summed E-state index contributed by atoms with van der Waals surface area (Å²) in [7, 11) is 0. The zero-order valence-corrected chi connectivity index (χ0v) is 2.72. The van der Waals surface area contributed by atoms with Gasteiger partial charge in [-0.25, -0.2) is 0 Å². The van der Waals surface area contributed by atoms with E-state index in [0.29, 0.717) is 0 Å². The topological polar surface area (TPSA) is 60.7 Å². The Labute approximate surface area is 47.4 Å². The predicted octanol–water partition coefficient (Wildman–Crippen LogP) is -1.67. The molecule has 0 amide bonds. The molecule has 0 aliphatic rings. The highest BCUT2D eigenvalue weighted by Crippen LogP contribution is 1.71. The zero-order valence-electron chi connectivity index (χ0n) is 10.7. The van der Waals surface area contributed by atoms with Crippen LogP contribution in [-0.2, 0) is 0 Å². The molecule has 3 heteroatoms. The molecule has 0 atom stereocenters. The molecule has 0 spiro atoms. The molecule has 6 heavy (non-hydrogen) atoms. The van der Waals surface area contributed by atoms with Crippen molar-refractivity contribution in [2.24, 2.45) is 0 Å². The van der Waals surface area contributed by atoms with Crippen LogP contribution in [0.1, 0.15) is 6.85 Å². The molecule has 0 aromatic heterocycles. The average Bonchev–Trinajstić information content (AvgIpc) is 2.15. The summed E-state index contributed by atoms with van der Waals surface area (Å²) in [6.45, 7) is -6.53. The van der Waals surface area contributed by atoms with Gasteiger partial charge in [-0.1, -0.05) is 0 Å². The van der Waals surface area contributed by atoms with E-state index in [-0.39, 0.29) is 0 Å². The van der Waals surface area contributed by atoms with Gasteiger partial charge < -0.3 is 15.3 Å². The first-order valence-electron chi connectivity index (χ1n) is 4.84. The third-order valence-corrected chi connectivity index (χ3v) is 0.185. The molecular weight excluding hydrogens is 85.0 g/mol. The molecule has 0 aliphatic heterocycles. The lowest BCUT2D eigenvalue weighted by Gasteiger charge is -1.96. The highest BCUT2D eigenvalue weighted by Gasteiger charge is 1.93. The number of hydrogen-bond acceptors (Lipinski definition) is 3. The fourth-order valence-electron chi connectivity index (χ4n) is 0.0208. The second-order valence-corrected chi connectivity index (χ2v) is 0.533. The maximum absolute atomic E-state index is 7.12. The fourth-order valence-corrected chi connectivity index (χ4v) is 0.0208. The van der Waals surface area contributed by atoms with Crippen LogP contribution >= 0.6 is 0 Å². The van der Waals surface area contributed by atoms with Crippen molar-refractivity contribution in [2.45, 2.75) is 6.08 Å². The largest absolute Gasteiger partial charge is 0.394 e. The first-order valence-corrected chi connectivity index (χ1v) is 1.11. The monoisotopic (exact) mass is 101 g/mol. The van der Waals surface area contributed by atoms with Gasteiger partial charge in [0.1, 0.15) is 6.08 Å². The molecule has 0 saturated carbocycles. The van der Waals surface area contributed by atoms with Crippen LogP contribution in [0.3, 0.4) is 0 Å². The first kappa shape index (κ1) is 0.844. The van der Waals surface area contributed by atoms with Crippen LogP contribution in [0.5, 0.6) is 0 Å². The minimum Gasteiger partial charge on any atom is -0.394 e. The number of hydrogen-bond donors (Lipinski definition) is 3. The van der Waals surface area contributed by atoms with Crippen LogP contribution in [0.4, 0.5) is 0 Å². The van der Waals surface area contributed by atoms with Gasteiger partial charge in [0.15, 0.2) is 0 Å².